The van der Waals surface area contributed by atoms with Gasteiger partial charge in [-0.25, -0.2) is 4.98 Å². The van der Waals surface area contributed by atoms with Crippen LogP contribution in [0, 0.1) is 0 Å². The molecule has 2 nitrogen and oxygen atoms in total. The van der Waals surface area contributed by atoms with Crippen LogP contribution in [0.2, 0.25) is 0 Å². The highest BCUT2D eigenvalue weighted by Crippen LogP contribution is 2.27. The van der Waals surface area contributed by atoms with E-state index in [-0.39, 0.29) is 0 Å². The predicted octanol–water partition coefficient (Wildman–Crippen LogP) is 2.17. The summed E-state index contributed by atoms with van der Waals surface area (Å²) in [6.45, 7) is 4.50. The van der Waals surface area contributed by atoms with Crippen molar-refractivity contribution in [1.29, 1.82) is 0 Å². The lowest BCUT2D eigenvalue weighted by atomic mass is 10.0. The zero-order valence-electron chi connectivity index (χ0n) is 8.05. The Labute approximate surface area is 83.4 Å². The van der Waals surface area contributed by atoms with Crippen molar-refractivity contribution in [3.63, 3.8) is 0 Å². The average molecular weight is 196 g/mol. The zero-order chi connectivity index (χ0) is 9.10. The van der Waals surface area contributed by atoms with Crippen LogP contribution in [0.5, 0.6) is 0 Å². The van der Waals surface area contributed by atoms with Gasteiger partial charge in [-0.2, -0.15) is 0 Å². The number of piperidine rings is 1. The number of hydrogen-bond acceptors (Lipinski definition) is 3. The van der Waals surface area contributed by atoms with Crippen molar-refractivity contribution in [2.45, 2.75) is 32.1 Å². The molecular formula is C10H16N2S. The highest BCUT2D eigenvalue weighted by molar-refractivity contribution is 7.11. The van der Waals surface area contributed by atoms with Crippen LogP contribution in [0.15, 0.2) is 6.20 Å². The fraction of sp³-hybridized carbons (Fsp3) is 0.700. The van der Waals surface area contributed by atoms with E-state index in [4.69, 9.17) is 0 Å². The van der Waals surface area contributed by atoms with Crippen LogP contribution in [0.3, 0.4) is 0 Å². The van der Waals surface area contributed by atoms with Crippen molar-refractivity contribution < 1.29 is 0 Å². The lowest BCUT2D eigenvalue weighted by Crippen LogP contribution is -2.28. The predicted molar refractivity (Wildman–Crippen MR) is 56.3 cm³/mol. The van der Waals surface area contributed by atoms with Crippen LogP contribution in [0.4, 0.5) is 0 Å². The summed E-state index contributed by atoms with van der Waals surface area (Å²) in [6.07, 6.45) is 5.77. The third kappa shape index (κ3) is 2.09. The molecule has 72 valence electrons. The first-order valence-corrected chi connectivity index (χ1v) is 5.87. The molecule has 1 aromatic heterocycles. The normalized spacial score (nSPS) is 23.3. The molecule has 0 radical (unpaired) electrons. The van der Waals surface area contributed by atoms with E-state index in [2.05, 4.69) is 17.2 Å². The second-order valence-electron chi connectivity index (χ2n) is 3.56. The summed E-state index contributed by atoms with van der Waals surface area (Å²) in [6, 6.07) is 0. The van der Waals surface area contributed by atoms with Crippen LogP contribution in [-0.4, -0.2) is 18.1 Å². The smallest absolute Gasteiger partial charge is 0.0971 e. The standard InChI is InChI=1S/C10H16N2S/c1-2-9-7-12-10(13-9)8-4-3-5-11-6-8/h7-8,11H,2-6H2,1H3. The van der Waals surface area contributed by atoms with E-state index in [0.29, 0.717) is 5.92 Å². The van der Waals surface area contributed by atoms with E-state index < -0.39 is 0 Å². The number of thiazole rings is 1. The van der Waals surface area contributed by atoms with Gasteiger partial charge in [-0.15, -0.1) is 11.3 Å². The first-order valence-electron chi connectivity index (χ1n) is 5.05. The number of aromatic nitrogens is 1. The van der Waals surface area contributed by atoms with Gasteiger partial charge in [0.05, 0.1) is 5.01 Å². The average Bonchev–Trinajstić information content (AvgIpc) is 2.67. The maximum absolute atomic E-state index is 4.49. The van der Waals surface area contributed by atoms with Crippen LogP contribution in [0.25, 0.3) is 0 Å². The molecule has 1 aliphatic heterocycles. The number of aryl methyl sites for hydroxylation is 1. The Bertz CT molecular complexity index is 264. The van der Waals surface area contributed by atoms with Crippen molar-refractivity contribution in [1.82, 2.24) is 10.3 Å². The third-order valence-electron chi connectivity index (χ3n) is 2.57. The molecular weight excluding hydrogens is 180 g/mol. The van der Waals surface area contributed by atoms with E-state index in [1.807, 2.05) is 17.5 Å². The lowest BCUT2D eigenvalue weighted by molar-refractivity contribution is 0.460. The summed E-state index contributed by atoms with van der Waals surface area (Å²) in [7, 11) is 0. The van der Waals surface area contributed by atoms with Crippen LogP contribution in [-0.2, 0) is 6.42 Å². The summed E-state index contributed by atoms with van der Waals surface area (Å²) < 4.78 is 0. The fourth-order valence-electron chi connectivity index (χ4n) is 1.74. The van der Waals surface area contributed by atoms with Crippen molar-refractivity contribution in [2.75, 3.05) is 13.1 Å². The Balaban J connectivity index is 2.05. The minimum absolute atomic E-state index is 0.680. The minimum atomic E-state index is 0.680. The number of nitrogens with one attached hydrogen (secondary N) is 1. The summed E-state index contributed by atoms with van der Waals surface area (Å²) in [5.41, 5.74) is 0. The summed E-state index contributed by atoms with van der Waals surface area (Å²) >= 11 is 1.89. The monoisotopic (exact) mass is 196 g/mol. The van der Waals surface area contributed by atoms with Gasteiger partial charge in [-0.05, 0) is 25.8 Å². The fourth-order valence-corrected chi connectivity index (χ4v) is 2.73. The van der Waals surface area contributed by atoms with Crippen LogP contribution < -0.4 is 5.32 Å². The summed E-state index contributed by atoms with van der Waals surface area (Å²) in [5, 5.41) is 4.76. The molecule has 0 aliphatic carbocycles. The van der Waals surface area contributed by atoms with Gasteiger partial charge in [0.15, 0.2) is 0 Å². The maximum atomic E-state index is 4.49. The minimum Gasteiger partial charge on any atom is -0.316 e. The van der Waals surface area contributed by atoms with Crippen LogP contribution >= 0.6 is 11.3 Å². The van der Waals surface area contributed by atoms with Crippen molar-refractivity contribution in [3.8, 4) is 0 Å². The molecule has 0 amide bonds. The van der Waals surface area contributed by atoms with E-state index >= 15 is 0 Å². The molecule has 1 unspecified atom stereocenters. The van der Waals surface area contributed by atoms with Gasteiger partial charge in [-0.3, -0.25) is 0 Å². The largest absolute Gasteiger partial charge is 0.316 e. The SMILES string of the molecule is CCc1cnc(C2CCCNC2)s1. The van der Waals surface area contributed by atoms with Gasteiger partial charge in [-0.1, -0.05) is 6.92 Å². The lowest BCUT2D eigenvalue weighted by Gasteiger charge is -2.20. The topological polar surface area (TPSA) is 24.9 Å². The summed E-state index contributed by atoms with van der Waals surface area (Å²) in [5.74, 6) is 0.680. The second-order valence-corrected chi connectivity index (χ2v) is 4.71. The van der Waals surface area contributed by atoms with Gasteiger partial charge in [0.25, 0.3) is 0 Å². The van der Waals surface area contributed by atoms with E-state index in [1.165, 1.54) is 29.3 Å². The Morgan fingerprint density at radius 1 is 1.69 bits per heavy atom. The first-order chi connectivity index (χ1) is 6.40. The first kappa shape index (κ1) is 9.16. The van der Waals surface area contributed by atoms with Gasteiger partial charge in [0.2, 0.25) is 0 Å². The molecule has 1 aromatic rings. The van der Waals surface area contributed by atoms with Crippen molar-refractivity contribution >= 4 is 11.3 Å². The quantitative estimate of drug-likeness (QED) is 0.784. The molecule has 2 rings (SSSR count). The Morgan fingerprint density at radius 3 is 3.23 bits per heavy atom. The van der Waals surface area contributed by atoms with Crippen LogP contribution in [0.1, 0.15) is 35.6 Å². The highest BCUT2D eigenvalue weighted by Gasteiger charge is 2.17. The molecule has 1 atom stereocenters. The van der Waals surface area contributed by atoms with Gasteiger partial charge >= 0.3 is 0 Å². The van der Waals surface area contributed by atoms with E-state index in [0.717, 1.165) is 13.0 Å². The molecule has 0 bridgehead atoms. The molecule has 3 heteroatoms. The van der Waals surface area contributed by atoms with Gasteiger partial charge in [0.1, 0.15) is 0 Å². The molecule has 1 fully saturated rings. The number of hydrogen-bond donors (Lipinski definition) is 1. The molecule has 1 saturated heterocycles. The van der Waals surface area contributed by atoms with E-state index in [9.17, 15) is 0 Å². The van der Waals surface area contributed by atoms with Gasteiger partial charge < -0.3 is 5.32 Å². The third-order valence-corrected chi connectivity index (χ3v) is 3.87. The second kappa shape index (κ2) is 4.20. The molecule has 1 aliphatic rings. The van der Waals surface area contributed by atoms with Crippen molar-refractivity contribution in [3.05, 3.63) is 16.1 Å². The number of rotatable bonds is 2. The molecule has 13 heavy (non-hydrogen) atoms. The number of nitrogens with zero attached hydrogens (tertiary/aromatic N) is 1. The van der Waals surface area contributed by atoms with E-state index in [1.54, 1.807) is 0 Å². The molecule has 2 heterocycles. The zero-order valence-corrected chi connectivity index (χ0v) is 8.86. The molecule has 0 saturated carbocycles. The molecule has 1 N–H and O–H groups in total. The molecule has 0 aromatic carbocycles. The molecule has 0 spiro atoms. The highest BCUT2D eigenvalue weighted by atomic mass is 32.1. The van der Waals surface area contributed by atoms with Crippen molar-refractivity contribution in [2.24, 2.45) is 0 Å². The summed E-state index contributed by atoms with van der Waals surface area (Å²) in [4.78, 5) is 5.91. The maximum Gasteiger partial charge on any atom is 0.0971 e. The van der Waals surface area contributed by atoms with Gasteiger partial charge in [0, 0.05) is 23.5 Å². The Kier molecular flexibility index (Phi) is 2.96. The Hall–Kier alpha value is -0.410. The Morgan fingerprint density at radius 2 is 2.62 bits per heavy atom.